The highest BCUT2D eigenvalue weighted by atomic mass is 16.5. The number of likely N-dealkylation sites (tertiary alicyclic amines) is 1. The van der Waals surface area contributed by atoms with Gasteiger partial charge in [-0.2, -0.15) is 0 Å². The van der Waals surface area contributed by atoms with Crippen LogP contribution in [-0.2, 0) is 16.0 Å². The van der Waals surface area contributed by atoms with Gasteiger partial charge >= 0.3 is 6.03 Å². The van der Waals surface area contributed by atoms with Gasteiger partial charge in [0, 0.05) is 42.9 Å². The lowest BCUT2D eigenvalue weighted by Gasteiger charge is -2.42. The van der Waals surface area contributed by atoms with Crippen LogP contribution in [0.3, 0.4) is 0 Å². The fourth-order valence-corrected chi connectivity index (χ4v) is 4.75. The first-order chi connectivity index (χ1) is 13.4. The molecule has 3 aliphatic rings. The number of ether oxygens (including phenoxy) is 1. The predicted molar refractivity (Wildman–Crippen MR) is 101 cm³/mol. The van der Waals surface area contributed by atoms with Crippen molar-refractivity contribution in [3.63, 3.8) is 0 Å². The summed E-state index contributed by atoms with van der Waals surface area (Å²) < 4.78 is 5.63. The van der Waals surface area contributed by atoms with Crippen molar-refractivity contribution in [2.75, 3.05) is 19.7 Å². The van der Waals surface area contributed by atoms with Crippen molar-refractivity contribution in [3.8, 4) is 0 Å². The van der Waals surface area contributed by atoms with E-state index >= 15 is 0 Å². The molecule has 0 saturated carbocycles. The van der Waals surface area contributed by atoms with Crippen LogP contribution in [0.25, 0.3) is 0 Å². The van der Waals surface area contributed by atoms with Gasteiger partial charge in [-0.3, -0.25) is 9.59 Å². The molecule has 4 heterocycles. The lowest BCUT2D eigenvalue weighted by atomic mass is 9.79. The van der Waals surface area contributed by atoms with Crippen LogP contribution in [0.4, 0.5) is 4.79 Å². The summed E-state index contributed by atoms with van der Waals surface area (Å²) in [6, 6.07) is -0.0851. The van der Waals surface area contributed by atoms with E-state index in [-0.39, 0.29) is 42.1 Å². The van der Waals surface area contributed by atoms with Gasteiger partial charge in [0.1, 0.15) is 12.1 Å². The number of carbonyl (C=O) groups is 2. The zero-order valence-corrected chi connectivity index (χ0v) is 16.3. The highest BCUT2D eigenvalue weighted by molar-refractivity contribution is 5.79. The van der Waals surface area contributed by atoms with Crippen LogP contribution in [0.1, 0.15) is 36.3 Å². The second kappa shape index (κ2) is 7.54. The average Bonchev–Trinajstić information content (AvgIpc) is 3.12. The maximum atomic E-state index is 12.7. The Bertz CT molecular complexity index is 830. The number of hydrogen-bond donors (Lipinski definition) is 3. The van der Waals surface area contributed by atoms with E-state index in [1.807, 2.05) is 4.90 Å². The monoisotopic (exact) mass is 389 g/mol. The molecule has 28 heavy (non-hydrogen) atoms. The zero-order chi connectivity index (χ0) is 19.8. The number of aromatic amines is 1. The molecule has 3 N–H and O–H groups in total. The minimum Gasteiger partial charge on any atom is -0.358 e. The van der Waals surface area contributed by atoms with Gasteiger partial charge in [0.05, 0.1) is 6.42 Å². The molecule has 3 aliphatic heterocycles. The van der Waals surface area contributed by atoms with Gasteiger partial charge in [0.15, 0.2) is 0 Å². The molecule has 9 nitrogen and oxygen atoms in total. The summed E-state index contributed by atoms with van der Waals surface area (Å²) in [6.45, 7) is 5.43. The lowest BCUT2D eigenvalue weighted by Crippen LogP contribution is -2.62. The van der Waals surface area contributed by atoms with Crippen molar-refractivity contribution in [1.29, 1.82) is 0 Å². The molecule has 1 aromatic heterocycles. The number of rotatable bonds is 3. The number of H-pyrrole nitrogens is 1. The number of aromatic nitrogens is 2. The fraction of sp³-hybridized carbons (Fsp3) is 0.684. The van der Waals surface area contributed by atoms with Gasteiger partial charge in [-0.15, -0.1) is 0 Å². The van der Waals surface area contributed by atoms with Crippen LogP contribution >= 0.6 is 0 Å². The highest BCUT2D eigenvalue weighted by Crippen LogP contribution is 2.33. The Balaban J connectivity index is 1.37. The number of nitrogens with zero attached hydrogens (tertiary/aromatic N) is 2. The summed E-state index contributed by atoms with van der Waals surface area (Å²) in [5.41, 5.74) is 0.807. The molecule has 4 rings (SSSR count). The highest BCUT2D eigenvalue weighted by Gasteiger charge is 2.44. The van der Waals surface area contributed by atoms with E-state index in [4.69, 9.17) is 4.74 Å². The Morgan fingerprint density at radius 1 is 1.18 bits per heavy atom. The third-order valence-corrected chi connectivity index (χ3v) is 6.24. The summed E-state index contributed by atoms with van der Waals surface area (Å²) in [6.07, 6.45) is 2.48. The molecule has 3 fully saturated rings. The molecule has 152 valence electrons. The van der Waals surface area contributed by atoms with E-state index in [1.165, 1.54) is 0 Å². The van der Waals surface area contributed by atoms with Gasteiger partial charge in [-0.25, -0.2) is 9.78 Å². The molecule has 3 amide bonds. The first-order valence-electron chi connectivity index (χ1n) is 9.95. The average molecular weight is 389 g/mol. The number of nitrogens with one attached hydrogen (secondary N) is 3. The first kappa shape index (κ1) is 18.9. The van der Waals surface area contributed by atoms with Crippen molar-refractivity contribution in [2.24, 2.45) is 11.8 Å². The van der Waals surface area contributed by atoms with Crippen LogP contribution in [-0.4, -0.2) is 58.8 Å². The first-order valence-corrected chi connectivity index (χ1v) is 9.95. The second-order valence-electron chi connectivity index (χ2n) is 8.00. The molecule has 3 saturated heterocycles. The Hall–Kier alpha value is -2.42. The number of hydrogen-bond acceptors (Lipinski definition) is 5. The minimum atomic E-state index is -0.238. The minimum absolute atomic E-state index is 0.0471. The normalized spacial score (nSPS) is 27.9. The van der Waals surface area contributed by atoms with Gasteiger partial charge < -0.3 is 25.3 Å². The van der Waals surface area contributed by atoms with Crippen LogP contribution in [0.2, 0.25) is 0 Å². The maximum absolute atomic E-state index is 12.7. The number of aryl methyl sites for hydroxylation is 2. The zero-order valence-electron chi connectivity index (χ0n) is 16.3. The Morgan fingerprint density at radius 2 is 1.93 bits per heavy atom. The van der Waals surface area contributed by atoms with Crippen LogP contribution in [0.15, 0.2) is 4.79 Å². The van der Waals surface area contributed by atoms with Gasteiger partial charge in [0.25, 0.3) is 5.56 Å². The molecule has 0 aliphatic carbocycles. The molecule has 1 aromatic rings. The number of urea groups is 1. The molecular weight excluding hydrogens is 362 g/mol. The number of fused-ring (bicyclic) bond motifs is 1. The number of amides is 3. The van der Waals surface area contributed by atoms with Crippen LogP contribution < -0.4 is 16.2 Å². The topological polar surface area (TPSA) is 116 Å². The smallest absolute Gasteiger partial charge is 0.317 e. The van der Waals surface area contributed by atoms with E-state index in [1.54, 1.807) is 13.8 Å². The summed E-state index contributed by atoms with van der Waals surface area (Å²) in [4.78, 5) is 45.5. The fourth-order valence-electron chi connectivity index (χ4n) is 4.75. The predicted octanol–water partition coefficient (Wildman–Crippen LogP) is 0.212. The van der Waals surface area contributed by atoms with Crippen LogP contribution in [0, 0.1) is 25.7 Å². The van der Waals surface area contributed by atoms with Crippen molar-refractivity contribution >= 4 is 11.9 Å². The molecule has 9 heteroatoms. The van der Waals surface area contributed by atoms with Crippen molar-refractivity contribution in [1.82, 2.24) is 25.5 Å². The Labute approximate surface area is 163 Å². The van der Waals surface area contributed by atoms with E-state index in [0.717, 1.165) is 19.3 Å². The summed E-state index contributed by atoms with van der Waals surface area (Å²) in [5, 5.41) is 5.92. The molecular formula is C19H27N5O4. The molecule has 3 atom stereocenters. The van der Waals surface area contributed by atoms with Gasteiger partial charge in [-0.1, -0.05) is 0 Å². The third kappa shape index (κ3) is 3.63. The lowest BCUT2D eigenvalue weighted by molar-refractivity contribution is -0.132. The summed E-state index contributed by atoms with van der Waals surface area (Å²) in [7, 11) is 0. The van der Waals surface area contributed by atoms with Crippen molar-refractivity contribution in [2.45, 2.75) is 51.8 Å². The number of carbonyl (C=O) groups excluding carboxylic acids is 2. The van der Waals surface area contributed by atoms with Gasteiger partial charge in [-0.05, 0) is 39.0 Å². The third-order valence-electron chi connectivity index (χ3n) is 6.24. The van der Waals surface area contributed by atoms with Crippen molar-refractivity contribution < 1.29 is 14.3 Å². The SMILES string of the molecule is Cc1nc(C)c(CC(=O)N2CCC([C@@H]3NC(=O)N[C@H]4OCC[C@H]43)CC2)c(=O)[nH]1. The van der Waals surface area contributed by atoms with E-state index in [0.29, 0.717) is 42.7 Å². The maximum Gasteiger partial charge on any atom is 0.317 e. The Kier molecular flexibility index (Phi) is 5.09. The molecule has 0 spiro atoms. The molecule has 0 aromatic carbocycles. The van der Waals surface area contributed by atoms with Crippen molar-refractivity contribution in [3.05, 3.63) is 27.4 Å². The largest absolute Gasteiger partial charge is 0.358 e. The van der Waals surface area contributed by atoms with Crippen LogP contribution in [0.5, 0.6) is 0 Å². The quantitative estimate of drug-likeness (QED) is 0.683. The summed E-state index contributed by atoms with van der Waals surface area (Å²) >= 11 is 0. The number of piperidine rings is 1. The van der Waals surface area contributed by atoms with E-state index in [9.17, 15) is 14.4 Å². The standard InChI is InChI=1S/C19H27N5O4/c1-10-14(17(26)21-11(2)20-10)9-15(25)24-6-3-12(4-7-24)16-13-5-8-28-18(13)23-19(27)22-16/h12-13,16,18H,3-9H2,1-2H3,(H,20,21,26)(H2,22,23,27)/t13-,16-,18-/m0/s1. The molecule has 0 radical (unpaired) electrons. The van der Waals surface area contributed by atoms with E-state index in [2.05, 4.69) is 20.6 Å². The Morgan fingerprint density at radius 3 is 2.64 bits per heavy atom. The molecule has 0 unspecified atom stereocenters. The molecule has 0 bridgehead atoms. The summed E-state index contributed by atoms with van der Waals surface area (Å²) in [5.74, 6) is 1.12. The second-order valence-corrected chi connectivity index (χ2v) is 8.00. The van der Waals surface area contributed by atoms with E-state index < -0.39 is 0 Å². The van der Waals surface area contributed by atoms with Gasteiger partial charge in [0.2, 0.25) is 5.91 Å².